The molecule has 0 saturated heterocycles. The van der Waals surface area contributed by atoms with Gasteiger partial charge in [-0.3, -0.25) is 4.79 Å². The second-order valence-electron chi connectivity index (χ2n) is 5.73. The second kappa shape index (κ2) is 6.29. The number of carbonyl (C=O) groups is 1. The molecule has 0 spiro atoms. The molecule has 0 unspecified atom stereocenters. The largest absolute Gasteiger partial charge is 0.361 e. The minimum absolute atomic E-state index is 0.142. The number of nitrogens with zero attached hydrogens (tertiary/aromatic N) is 3. The van der Waals surface area contributed by atoms with Crippen LogP contribution in [0.4, 0.5) is 0 Å². The Balaban J connectivity index is 2.23. The maximum Gasteiger partial charge on any atom is 0.231 e. The van der Waals surface area contributed by atoms with Crippen molar-refractivity contribution in [3.05, 3.63) is 28.7 Å². The number of hydrogen-bond acceptors (Lipinski definition) is 6. The maximum absolute atomic E-state index is 11.2. The zero-order valence-corrected chi connectivity index (χ0v) is 13.7. The third kappa shape index (κ3) is 3.35. The lowest BCUT2D eigenvalue weighted by Gasteiger charge is -2.20. The van der Waals surface area contributed by atoms with Gasteiger partial charge in [-0.15, -0.1) is 0 Å². The van der Waals surface area contributed by atoms with E-state index in [1.807, 2.05) is 27.7 Å². The molecule has 2 aromatic heterocycles. The monoisotopic (exact) mass is 306 g/mol. The third-order valence-corrected chi connectivity index (χ3v) is 3.45. The van der Waals surface area contributed by atoms with Crippen LogP contribution in [-0.4, -0.2) is 21.2 Å². The topological polar surface area (TPSA) is 94.1 Å². The summed E-state index contributed by atoms with van der Waals surface area (Å²) in [7, 11) is 0. The first-order valence-electron chi connectivity index (χ1n) is 7.45. The first-order chi connectivity index (χ1) is 10.4. The van der Waals surface area contributed by atoms with Crippen LogP contribution >= 0.6 is 0 Å². The van der Waals surface area contributed by atoms with Crippen LogP contribution in [0.2, 0.25) is 0 Å². The van der Waals surface area contributed by atoms with Gasteiger partial charge in [-0.2, -0.15) is 4.98 Å². The predicted octanol–water partition coefficient (Wildman–Crippen LogP) is 2.14. The van der Waals surface area contributed by atoms with E-state index in [2.05, 4.69) is 20.6 Å². The average Bonchev–Trinajstić information content (AvgIpc) is 3.04. The Morgan fingerprint density at radius 1 is 1.18 bits per heavy atom. The van der Waals surface area contributed by atoms with Crippen LogP contribution in [0.5, 0.6) is 0 Å². The predicted molar refractivity (Wildman–Crippen MR) is 79.2 cm³/mol. The molecule has 7 nitrogen and oxygen atoms in total. The standard InChI is InChI=1S/C15H22N4O3/c1-6-11-10(12(7-2)21-18-11)8-13-16-14(19-22-13)15(4,5)17-9(3)20/h6-8H2,1-5H3,(H,17,20). The molecule has 0 aliphatic heterocycles. The lowest BCUT2D eigenvalue weighted by atomic mass is 10.0. The van der Waals surface area contributed by atoms with Crippen LogP contribution < -0.4 is 5.32 Å². The van der Waals surface area contributed by atoms with E-state index >= 15 is 0 Å². The van der Waals surface area contributed by atoms with Crippen molar-refractivity contribution in [1.82, 2.24) is 20.6 Å². The Labute approximate surface area is 129 Å². The zero-order valence-electron chi connectivity index (χ0n) is 13.7. The Morgan fingerprint density at radius 3 is 2.50 bits per heavy atom. The fraction of sp³-hybridized carbons (Fsp3) is 0.600. The van der Waals surface area contributed by atoms with Gasteiger partial charge in [0.2, 0.25) is 11.8 Å². The summed E-state index contributed by atoms with van der Waals surface area (Å²) in [6, 6.07) is 0. The van der Waals surface area contributed by atoms with E-state index in [1.165, 1.54) is 6.92 Å². The van der Waals surface area contributed by atoms with Gasteiger partial charge in [0, 0.05) is 18.9 Å². The van der Waals surface area contributed by atoms with Gasteiger partial charge in [0.1, 0.15) is 5.76 Å². The van der Waals surface area contributed by atoms with Gasteiger partial charge in [-0.1, -0.05) is 24.2 Å². The van der Waals surface area contributed by atoms with Crippen molar-refractivity contribution < 1.29 is 13.8 Å². The molecule has 0 aliphatic carbocycles. The number of carbonyl (C=O) groups excluding carboxylic acids is 1. The smallest absolute Gasteiger partial charge is 0.231 e. The quantitative estimate of drug-likeness (QED) is 0.878. The number of hydrogen-bond donors (Lipinski definition) is 1. The molecule has 2 rings (SSSR count). The minimum Gasteiger partial charge on any atom is -0.361 e. The van der Waals surface area contributed by atoms with Gasteiger partial charge in [-0.05, 0) is 20.3 Å². The van der Waals surface area contributed by atoms with Crippen LogP contribution in [0.3, 0.4) is 0 Å². The average molecular weight is 306 g/mol. The van der Waals surface area contributed by atoms with E-state index in [-0.39, 0.29) is 5.91 Å². The molecule has 120 valence electrons. The van der Waals surface area contributed by atoms with Crippen LogP contribution in [0.1, 0.15) is 63.4 Å². The number of rotatable bonds is 6. The van der Waals surface area contributed by atoms with Crippen molar-refractivity contribution in [2.24, 2.45) is 0 Å². The molecule has 0 saturated carbocycles. The second-order valence-corrected chi connectivity index (χ2v) is 5.73. The molecule has 0 bridgehead atoms. The first kappa shape index (κ1) is 16.2. The van der Waals surface area contributed by atoms with Crippen molar-refractivity contribution in [2.75, 3.05) is 0 Å². The number of nitrogens with one attached hydrogen (secondary N) is 1. The van der Waals surface area contributed by atoms with Crippen molar-refractivity contribution in [3.8, 4) is 0 Å². The van der Waals surface area contributed by atoms with Gasteiger partial charge < -0.3 is 14.4 Å². The minimum atomic E-state index is -0.677. The summed E-state index contributed by atoms with van der Waals surface area (Å²) in [5.74, 6) is 1.64. The van der Waals surface area contributed by atoms with Crippen LogP contribution in [0, 0.1) is 0 Å². The molecule has 2 aromatic rings. The van der Waals surface area contributed by atoms with E-state index in [4.69, 9.17) is 9.05 Å². The van der Waals surface area contributed by atoms with E-state index < -0.39 is 5.54 Å². The Kier molecular flexibility index (Phi) is 4.63. The summed E-state index contributed by atoms with van der Waals surface area (Å²) in [5.41, 5.74) is 1.25. The fourth-order valence-corrected chi connectivity index (χ4v) is 2.37. The van der Waals surface area contributed by atoms with Gasteiger partial charge in [0.05, 0.1) is 17.7 Å². The highest BCUT2D eigenvalue weighted by atomic mass is 16.5. The number of aryl methyl sites for hydroxylation is 2. The van der Waals surface area contributed by atoms with E-state index in [0.717, 1.165) is 29.9 Å². The third-order valence-electron chi connectivity index (χ3n) is 3.45. The molecule has 2 heterocycles. The summed E-state index contributed by atoms with van der Waals surface area (Å²) >= 11 is 0. The van der Waals surface area contributed by atoms with Crippen molar-refractivity contribution >= 4 is 5.91 Å². The summed E-state index contributed by atoms with van der Waals surface area (Å²) in [4.78, 5) is 15.6. The SMILES string of the molecule is CCc1noc(CC)c1Cc1nc(C(C)(C)NC(C)=O)no1. The van der Waals surface area contributed by atoms with Crippen molar-refractivity contribution in [2.45, 2.75) is 59.4 Å². The van der Waals surface area contributed by atoms with Gasteiger partial charge >= 0.3 is 0 Å². The van der Waals surface area contributed by atoms with Crippen molar-refractivity contribution in [1.29, 1.82) is 0 Å². The molecule has 22 heavy (non-hydrogen) atoms. The molecule has 7 heteroatoms. The summed E-state index contributed by atoms with van der Waals surface area (Å²) in [6.07, 6.45) is 2.04. The molecule has 0 radical (unpaired) electrons. The maximum atomic E-state index is 11.2. The molecule has 0 fully saturated rings. The van der Waals surface area contributed by atoms with E-state index in [0.29, 0.717) is 18.1 Å². The van der Waals surface area contributed by atoms with Crippen LogP contribution in [-0.2, 0) is 29.6 Å². The molecule has 1 N–H and O–H groups in total. The highest BCUT2D eigenvalue weighted by Gasteiger charge is 2.28. The molecular weight excluding hydrogens is 284 g/mol. The summed E-state index contributed by atoms with van der Waals surface area (Å²) in [5, 5.41) is 10.9. The Morgan fingerprint density at radius 2 is 1.91 bits per heavy atom. The Hall–Kier alpha value is -2.18. The highest BCUT2D eigenvalue weighted by Crippen LogP contribution is 2.21. The van der Waals surface area contributed by atoms with Crippen LogP contribution in [0.15, 0.2) is 9.05 Å². The molecule has 1 amide bonds. The van der Waals surface area contributed by atoms with Gasteiger partial charge in [0.15, 0.2) is 5.82 Å². The molecule has 0 aromatic carbocycles. The molecule has 0 atom stereocenters. The first-order valence-corrected chi connectivity index (χ1v) is 7.45. The lowest BCUT2D eigenvalue weighted by Crippen LogP contribution is -2.40. The number of aromatic nitrogens is 3. The van der Waals surface area contributed by atoms with Gasteiger partial charge in [-0.25, -0.2) is 0 Å². The highest BCUT2D eigenvalue weighted by molar-refractivity contribution is 5.73. The van der Waals surface area contributed by atoms with E-state index in [1.54, 1.807) is 0 Å². The molecule has 0 aliphatic rings. The summed E-state index contributed by atoms with van der Waals surface area (Å²) < 4.78 is 10.7. The Bertz CT molecular complexity index is 636. The summed E-state index contributed by atoms with van der Waals surface area (Å²) in [6.45, 7) is 9.16. The zero-order chi connectivity index (χ0) is 16.3. The fourth-order valence-electron chi connectivity index (χ4n) is 2.37. The lowest BCUT2D eigenvalue weighted by molar-refractivity contribution is -0.120. The van der Waals surface area contributed by atoms with Crippen LogP contribution in [0.25, 0.3) is 0 Å². The number of amides is 1. The van der Waals surface area contributed by atoms with Gasteiger partial charge in [0.25, 0.3) is 0 Å². The van der Waals surface area contributed by atoms with Crippen molar-refractivity contribution in [3.63, 3.8) is 0 Å². The van der Waals surface area contributed by atoms with E-state index in [9.17, 15) is 4.79 Å². The molecular formula is C15H22N4O3. The normalized spacial score (nSPS) is 11.7.